The molecule has 0 aliphatic rings. The minimum Gasteiger partial charge on any atom is -0.361 e. The Labute approximate surface area is 187 Å². The predicted octanol–water partition coefficient (Wildman–Crippen LogP) is 5.67. The first kappa shape index (κ1) is 22.5. The summed E-state index contributed by atoms with van der Waals surface area (Å²) >= 11 is 0. The van der Waals surface area contributed by atoms with Gasteiger partial charge in [-0.15, -0.1) is 0 Å². The van der Waals surface area contributed by atoms with Crippen molar-refractivity contribution in [2.75, 3.05) is 5.32 Å². The van der Waals surface area contributed by atoms with Crippen LogP contribution in [0, 0.1) is 19.3 Å². The van der Waals surface area contributed by atoms with Crippen molar-refractivity contribution >= 4 is 17.2 Å². The molecule has 0 spiro atoms. The number of hydrogen-bond donors (Lipinski definition) is 1. The molecule has 0 saturated carbocycles. The Morgan fingerprint density at radius 2 is 1.79 bits per heavy atom. The molecule has 172 valence electrons. The first-order valence-electron chi connectivity index (χ1n) is 10.2. The van der Waals surface area contributed by atoms with Gasteiger partial charge < -0.3 is 9.84 Å². The van der Waals surface area contributed by atoms with Gasteiger partial charge in [0.25, 0.3) is 0 Å². The van der Waals surface area contributed by atoms with Gasteiger partial charge in [-0.05, 0) is 38.1 Å². The number of nitrogens with one attached hydrogen (secondary N) is 1. The van der Waals surface area contributed by atoms with Gasteiger partial charge in [-0.3, -0.25) is 4.79 Å². The molecule has 1 aromatic carbocycles. The van der Waals surface area contributed by atoms with E-state index in [0.29, 0.717) is 34.1 Å². The molecule has 4 rings (SSSR count). The highest BCUT2D eigenvalue weighted by atomic mass is 19.4. The largest absolute Gasteiger partial charge is 0.418 e. The molecule has 0 saturated heterocycles. The lowest BCUT2D eigenvalue weighted by atomic mass is 9.95. The second-order valence-corrected chi connectivity index (χ2v) is 8.81. The molecule has 4 aromatic rings. The van der Waals surface area contributed by atoms with E-state index >= 15 is 0 Å². The summed E-state index contributed by atoms with van der Waals surface area (Å²) in [5.74, 6) is 0.104. The van der Waals surface area contributed by atoms with E-state index in [1.807, 2.05) is 6.92 Å². The lowest BCUT2D eigenvalue weighted by Gasteiger charge is -2.20. The highest BCUT2D eigenvalue weighted by Gasteiger charge is 2.35. The van der Waals surface area contributed by atoms with Crippen LogP contribution in [0.15, 0.2) is 41.1 Å². The van der Waals surface area contributed by atoms with Crippen molar-refractivity contribution in [3.8, 4) is 22.5 Å². The summed E-state index contributed by atoms with van der Waals surface area (Å²) in [6, 6.07) is 7.08. The van der Waals surface area contributed by atoms with Crippen LogP contribution in [-0.4, -0.2) is 25.7 Å². The smallest absolute Gasteiger partial charge is 0.361 e. The number of rotatable bonds is 3. The summed E-state index contributed by atoms with van der Waals surface area (Å²) in [5.41, 5.74) is 1.34. The topological polar surface area (TPSA) is 85.3 Å². The molecule has 0 radical (unpaired) electrons. The SMILES string of the molecule is Cc1noc(C)c1-c1ccc2nc(-c3ccc(C(F)(F)F)c(NC(=O)C(C)(C)C)c3)cn2n1. The molecular formula is C23H22F3N5O2. The van der Waals surface area contributed by atoms with Gasteiger partial charge in [-0.2, -0.15) is 18.3 Å². The number of hydrogen-bond acceptors (Lipinski definition) is 5. The highest BCUT2D eigenvalue weighted by Crippen LogP contribution is 2.38. The van der Waals surface area contributed by atoms with Crippen LogP contribution in [0.3, 0.4) is 0 Å². The zero-order valence-corrected chi connectivity index (χ0v) is 18.7. The van der Waals surface area contributed by atoms with Gasteiger partial charge in [-0.1, -0.05) is 32.0 Å². The molecule has 0 aliphatic heterocycles. The predicted molar refractivity (Wildman–Crippen MR) is 116 cm³/mol. The Bertz CT molecular complexity index is 1340. The van der Waals surface area contributed by atoms with E-state index in [1.54, 1.807) is 50.5 Å². The Hall–Kier alpha value is -3.69. The van der Waals surface area contributed by atoms with Crippen LogP contribution in [0.1, 0.15) is 37.8 Å². The number of nitrogens with zero attached hydrogens (tertiary/aromatic N) is 4. The fraction of sp³-hybridized carbons (Fsp3) is 0.304. The van der Waals surface area contributed by atoms with E-state index in [1.165, 1.54) is 12.1 Å². The second kappa shape index (κ2) is 7.72. The van der Waals surface area contributed by atoms with Crippen molar-refractivity contribution < 1.29 is 22.5 Å². The van der Waals surface area contributed by atoms with Gasteiger partial charge in [0.1, 0.15) is 5.76 Å². The molecule has 10 heteroatoms. The molecule has 3 aromatic heterocycles. The molecule has 7 nitrogen and oxygen atoms in total. The lowest BCUT2D eigenvalue weighted by molar-refractivity contribution is -0.137. The fourth-order valence-corrected chi connectivity index (χ4v) is 3.37. The van der Waals surface area contributed by atoms with Gasteiger partial charge in [0.15, 0.2) is 5.65 Å². The minimum absolute atomic E-state index is 0.318. The number of aromatic nitrogens is 4. The van der Waals surface area contributed by atoms with Crippen LogP contribution >= 0.6 is 0 Å². The zero-order chi connectivity index (χ0) is 24.1. The quantitative estimate of drug-likeness (QED) is 0.428. The molecule has 0 unspecified atom stereocenters. The highest BCUT2D eigenvalue weighted by molar-refractivity contribution is 5.96. The average molecular weight is 457 g/mol. The van der Waals surface area contributed by atoms with Crippen molar-refractivity contribution in [2.45, 2.75) is 40.8 Å². The summed E-state index contributed by atoms with van der Waals surface area (Å²) < 4.78 is 47.4. The maximum absolute atomic E-state index is 13.5. The van der Waals surface area contributed by atoms with Gasteiger partial charge in [0.2, 0.25) is 5.91 Å². The van der Waals surface area contributed by atoms with E-state index in [-0.39, 0.29) is 5.69 Å². The number of anilines is 1. The van der Waals surface area contributed by atoms with Crippen LogP contribution < -0.4 is 5.32 Å². The maximum atomic E-state index is 13.5. The Kier molecular flexibility index (Phi) is 5.26. The first-order chi connectivity index (χ1) is 15.3. The van der Waals surface area contributed by atoms with Gasteiger partial charge in [0, 0.05) is 11.0 Å². The number of benzene rings is 1. The summed E-state index contributed by atoms with van der Waals surface area (Å²) in [5, 5.41) is 10.9. The number of aryl methyl sites for hydroxylation is 2. The molecule has 0 aliphatic carbocycles. The zero-order valence-electron chi connectivity index (χ0n) is 18.7. The molecule has 3 heterocycles. The van der Waals surface area contributed by atoms with Gasteiger partial charge >= 0.3 is 6.18 Å². The minimum atomic E-state index is -4.62. The fourth-order valence-electron chi connectivity index (χ4n) is 3.37. The van der Waals surface area contributed by atoms with E-state index in [2.05, 4.69) is 20.6 Å². The normalized spacial score (nSPS) is 12.4. The molecule has 0 fully saturated rings. The third-order valence-corrected chi connectivity index (χ3v) is 5.16. The van der Waals surface area contributed by atoms with Gasteiger partial charge in [0.05, 0.1) is 40.1 Å². The number of amides is 1. The van der Waals surface area contributed by atoms with Crippen LogP contribution in [0.25, 0.3) is 28.2 Å². The van der Waals surface area contributed by atoms with E-state index in [9.17, 15) is 18.0 Å². The van der Waals surface area contributed by atoms with Crippen LogP contribution in [0.4, 0.5) is 18.9 Å². The van der Waals surface area contributed by atoms with E-state index < -0.39 is 23.1 Å². The Balaban J connectivity index is 1.77. The standard InChI is InChI=1S/C23H22F3N5O2/c1-12-20(13(2)33-30-12)16-8-9-19-27-18(11-31(19)29-16)14-6-7-15(23(24,25)26)17(10-14)28-21(32)22(3,4)5/h6-11H,1-5H3,(H,28,32). The molecule has 0 atom stereocenters. The number of alkyl halides is 3. The van der Waals surface area contributed by atoms with Crippen molar-refractivity contribution in [2.24, 2.45) is 5.41 Å². The van der Waals surface area contributed by atoms with Crippen molar-refractivity contribution in [3.63, 3.8) is 0 Å². The van der Waals surface area contributed by atoms with E-state index in [0.717, 1.165) is 11.6 Å². The molecule has 33 heavy (non-hydrogen) atoms. The average Bonchev–Trinajstić information content (AvgIpc) is 3.28. The van der Waals surface area contributed by atoms with Crippen molar-refractivity contribution in [3.05, 3.63) is 53.5 Å². The Morgan fingerprint density at radius 1 is 1.06 bits per heavy atom. The third-order valence-electron chi connectivity index (χ3n) is 5.16. The number of carbonyl (C=O) groups excluding carboxylic acids is 1. The number of halogens is 3. The Morgan fingerprint density at radius 3 is 2.39 bits per heavy atom. The monoisotopic (exact) mass is 457 g/mol. The lowest BCUT2D eigenvalue weighted by Crippen LogP contribution is -2.28. The van der Waals surface area contributed by atoms with Crippen LogP contribution in [0.5, 0.6) is 0 Å². The van der Waals surface area contributed by atoms with Crippen LogP contribution in [-0.2, 0) is 11.0 Å². The van der Waals surface area contributed by atoms with Crippen molar-refractivity contribution in [1.82, 2.24) is 19.8 Å². The molecule has 1 N–H and O–H groups in total. The summed E-state index contributed by atoms with van der Waals surface area (Å²) in [4.78, 5) is 16.9. The number of fused-ring (bicyclic) bond motifs is 1. The maximum Gasteiger partial charge on any atom is 0.418 e. The number of imidazole rings is 1. The molecular weight excluding hydrogens is 435 g/mol. The summed E-state index contributed by atoms with van der Waals surface area (Å²) in [6.07, 6.45) is -3.00. The summed E-state index contributed by atoms with van der Waals surface area (Å²) in [7, 11) is 0. The third kappa shape index (κ3) is 4.33. The molecule has 0 bridgehead atoms. The van der Waals surface area contributed by atoms with Crippen molar-refractivity contribution in [1.29, 1.82) is 0 Å². The molecule has 1 amide bonds. The van der Waals surface area contributed by atoms with E-state index in [4.69, 9.17) is 4.52 Å². The van der Waals surface area contributed by atoms with Crippen LogP contribution in [0.2, 0.25) is 0 Å². The summed E-state index contributed by atoms with van der Waals surface area (Å²) in [6.45, 7) is 8.49. The number of carbonyl (C=O) groups is 1. The van der Waals surface area contributed by atoms with Gasteiger partial charge in [-0.25, -0.2) is 9.50 Å². The second-order valence-electron chi connectivity index (χ2n) is 8.81. The first-order valence-corrected chi connectivity index (χ1v) is 10.2.